The van der Waals surface area contributed by atoms with Crippen LogP contribution in [0.1, 0.15) is 10.4 Å². The van der Waals surface area contributed by atoms with Gasteiger partial charge in [0.1, 0.15) is 10.6 Å². The van der Waals surface area contributed by atoms with E-state index < -0.39 is 10.8 Å². The number of pyridine rings is 1. The smallest absolute Gasteiger partial charge is 0.300 e. The number of nitrogens with zero attached hydrogens (tertiary/aromatic N) is 3. The molecule has 2 aromatic rings. The van der Waals surface area contributed by atoms with Gasteiger partial charge < -0.3 is 4.90 Å². The van der Waals surface area contributed by atoms with Crippen molar-refractivity contribution >= 4 is 28.9 Å². The van der Waals surface area contributed by atoms with Gasteiger partial charge in [0.05, 0.1) is 4.92 Å². The first kappa shape index (κ1) is 14.0. The Labute approximate surface area is 119 Å². The molecule has 0 aliphatic heterocycles. The number of carbonyl (C=O) groups excluding carboxylic acids is 1. The van der Waals surface area contributed by atoms with Crippen LogP contribution in [0.3, 0.4) is 0 Å². The molecule has 0 fully saturated rings. The lowest BCUT2D eigenvalue weighted by Gasteiger charge is -2.17. The van der Waals surface area contributed by atoms with E-state index >= 15 is 0 Å². The Morgan fingerprint density at radius 1 is 1.30 bits per heavy atom. The van der Waals surface area contributed by atoms with Crippen LogP contribution in [-0.2, 0) is 0 Å². The highest BCUT2D eigenvalue weighted by Gasteiger charge is 2.26. The average molecular weight is 292 g/mol. The van der Waals surface area contributed by atoms with Crippen molar-refractivity contribution in [3.05, 3.63) is 63.4 Å². The summed E-state index contributed by atoms with van der Waals surface area (Å²) >= 11 is 5.80. The lowest BCUT2D eigenvalue weighted by Crippen LogP contribution is -2.27. The van der Waals surface area contributed by atoms with Crippen molar-refractivity contribution in [1.82, 2.24) is 4.98 Å². The molecule has 1 heterocycles. The molecule has 0 bridgehead atoms. The summed E-state index contributed by atoms with van der Waals surface area (Å²) in [6.07, 6.45) is 3.07. The predicted octanol–water partition coefficient (Wildman–Crippen LogP) is 2.92. The second-order valence-corrected chi connectivity index (χ2v) is 4.37. The topological polar surface area (TPSA) is 76.3 Å². The molecule has 6 nitrogen and oxygen atoms in total. The number of hydrogen-bond donors (Lipinski definition) is 0. The first-order valence-electron chi connectivity index (χ1n) is 5.63. The standard InChI is InChI=1S/C13H10ClN3O3/c1-16(9-5-7-15-8-6-9)13(18)10-3-2-4-11(14)12(10)17(19)20/h2-8H,1H3. The third-order valence-corrected chi connectivity index (χ3v) is 3.06. The Balaban J connectivity index is 2.44. The SMILES string of the molecule is CN(C(=O)c1cccc(Cl)c1[N+](=O)[O-])c1ccncc1. The van der Waals surface area contributed by atoms with E-state index in [1.165, 1.54) is 42.5 Å². The van der Waals surface area contributed by atoms with E-state index in [0.717, 1.165) is 0 Å². The molecular weight excluding hydrogens is 282 g/mol. The van der Waals surface area contributed by atoms with E-state index in [-0.39, 0.29) is 16.3 Å². The number of halogens is 1. The molecule has 0 unspecified atom stereocenters. The lowest BCUT2D eigenvalue weighted by atomic mass is 10.1. The van der Waals surface area contributed by atoms with Crippen molar-refractivity contribution in [3.8, 4) is 0 Å². The second-order valence-electron chi connectivity index (χ2n) is 3.96. The van der Waals surface area contributed by atoms with Crippen molar-refractivity contribution < 1.29 is 9.72 Å². The van der Waals surface area contributed by atoms with Gasteiger partial charge in [-0.2, -0.15) is 0 Å². The first-order valence-corrected chi connectivity index (χ1v) is 6.01. The third kappa shape index (κ3) is 2.60. The molecule has 2 rings (SSSR count). The minimum Gasteiger partial charge on any atom is -0.311 e. The predicted molar refractivity (Wildman–Crippen MR) is 75.1 cm³/mol. The highest BCUT2D eigenvalue weighted by molar-refractivity contribution is 6.33. The highest BCUT2D eigenvalue weighted by Crippen LogP contribution is 2.29. The van der Waals surface area contributed by atoms with Gasteiger partial charge in [0.15, 0.2) is 0 Å². The summed E-state index contributed by atoms with van der Waals surface area (Å²) in [7, 11) is 1.53. The zero-order chi connectivity index (χ0) is 14.7. The minimum atomic E-state index is -0.657. The molecule has 0 saturated heterocycles. The van der Waals surface area contributed by atoms with Crippen molar-refractivity contribution in [2.24, 2.45) is 0 Å². The Bertz CT molecular complexity index is 661. The Morgan fingerprint density at radius 3 is 2.55 bits per heavy atom. The van der Waals surface area contributed by atoms with E-state index in [1.807, 2.05) is 0 Å². The molecule has 0 spiro atoms. The maximum Gasteiger partial charge on any atom is 0.300 e. The molecular formula is C13H10ClN3O3. The zero-order valence-corrected chi connectivity index (χ0v) is 11.2. The maximum atomic E-state index is 12.4. The number of anilines is 1. The van der Waals surface area contributed by atoms with Gasteiger partial charge in [-0.05, 0) is 24.3 Å². The molecule has 0 N–H and O–H groups in total. The molecule has 0 radical (unpaired) electrons. The summed E-state index contributed by atoms with van der Waals surface area (Å²) in [5.41, 5.74) is 0.140. The van der Waals surface area contributed by atoms with Crippen LogP contribution < -0.4 is 4.90 Å². The van der Waals surface area contributed by atoms with E-state index in [4.69, 9.17) is 11.6 Å². The van der Waals surface area contributed by atoms with Gasteiger partial charge in [-0.3, -0.25) is 19.9 Å². The third-order valence-electron chi connectivity index (χ3n) is 2.75. The number of rotatable bonds is 3. The number of hydrogen-bond acceptors (Lipinski definition) is 4. The van der Waals surface area contributed by atoms with Crippen molar-refractivity contribution in [2.45, 2.75) is 0 Å². The molecule has 0 saturated carbocycles. The van der Waals surface area contributed by atoms with E-state index in [9.17, 15) is 14.9 Å². The van der Waals surface area contributed by atoms with Crippen LogP contribution >= 0.6 is 11.6 Å². The summed E-state index contributed by atoms with van der Waals surface area (Å²) in [5, 5.41) is 11.0. The maximum absolute atomic E-state index is 12.4. The summed E-state index contributed by atoms with van der Waals surface area (Å²) < 4.78 is 0. The van der Waals surface area contributed by atoms with Gasteiger partial charge in [-0.25, -0.2) is 0 Å². The second kappa shape index (κ2) is 5.66. The highest BCUT2D eigenvalue weighted by atomic mass is 35.5. The zero-order valence-electron chi connectivity index (χ0n) is 10.5. The number of para-hydroxylation sites is 1. The van der Waals surface area contributed by atoms with Crippen LogP contribution in [0, 0.1) is 10.1 Å². The largest absolute Gasteiger partial charge is 0.311 e. The quantitative estimate of drug-likeness (QED) is 0.643. The fourth-order valence-electron chi connectivity index (χ4n) is 1.74. The Kier molecular flexibility index (Phi) is 3.95. The minimum absolute atomic E-state index is 0.0539. The van der Waals surface area contributed by atoms with Crippen LogP contribution in [-0.4, -0.2) is 22.9 Å². The van der Waals surface area contributed by atoms with Gasteiger partial charge in [-0.1, -0.05) is 17.7 Å². The molecule has 1 aromatic carbocycles. The van der Waals surface area contributed by atoms with Gasteiger partial charge in [0, 0.05) is 25.1 Å². The van der Waals surface area contributed by atoms with Crippen molar-refractivity contribution in [3.63, 3.8) is 0 Å². The number of nitro groups is 1. The number of carbonyl (C=O) groups is 1. The summed E-state index contributed by atoms with van der Waals surface area (Å²) in [6.45, 7) is 0. The van der Waals surface area contributed by atoms with Crippen LogP contribution in [0.25, 0.3) is 0 Å². The molecule has 1 aromatic heterocycles. The molecule has 20 heavy (non-hydrogen) atoms. The molecule has 1 amide bonds. The number of nitro benzene ring substituents is 1. The fourth-order valence-corrected chi connectivity index (χ4v) is 1.98. The monoisotopic (exact) mass is 291 g/mol. The molecule has 0 aliphatic carbocycles. The molecule has 7 heteroatoms. The molecule has 102 valence electrons. The van der Waals surface area contributed by atoms with E-state index in [1.54, 1.807) is 12.1 Å². The van der Waals surface area contributed by atoms with Crippen molar-refractivity contribution in [1.29, 1.82) is 0 Å². The Hall–Kier alpha value is -2.47. The number of aromatic nitrogens is 1. The lowest BCUT2D eigenvalue weighted by molar-refractivity contribution is -0.385. The molecule has 0 aliphatic rings. The van der Waals surface area contributed by atoms with Gasteiger partial charge >= 0.3 is 5.69 Å². The molecule has 0 atom stereocenters. The number of benzene rings is 1. The van der Waals surface area contributed by atoms with Crippen LogP contribution in [0.5, 0.6) is 0 Å². The van der Waals surface area contributed by atoms with Crippen LogP contribution in [0.2, 0.25) is 5.02 Å². The van der Waals surface area contributed by atoms with E-state index in [0.29, 0.717) is 5.69 Å². The van der Waals surface area contributed by atoms with Gasteiger partial charge in [0.2, 0.25) is 0 Å². The van der Waals surface area contributed by atoms with Crippen LogP contribution in [0.4, 0.5) is 11.4 Å². The average Bonchev–Trinajstić information content (AvgIpc) is 2.46. The normalized spacial score (nSPS) is 10.1. The number of amides is 1. The van der Waals surface area contributed by atoms with Crippen molar-refractivity contribution in [2.75, 3.05) is 11.9 Å². The van der Waals surface area contributed by atoms with E-state index in [2.05, 4.69) is 4.98 Å². The van der Waals surface area contributed by atoms with Gasteiger partial charge in [0.25, 0.3) is 5.91 Å². The Morgan fingerprint density at radius 2 is 1.95 bits per heavy atom. The first-order chi connectivity index (χ1) is 9.52. The van der Waals surface area contributed by atoms with Crippen LogP contribution in [0.15, 0.2) is 42.7 Å². The van der Waals surface area contributed by atoms with Gasteiger partial charge in [-0.15, -0.1) is 0 Å². The summed E-state index contributed by atoms with van der Waals surface area (Å²) in [5.74, 6) is -0.509. The summed E-state index contributed by atoms with van der Waals surface area (Å²) in [4.78, 5) is 27.9. The summed E-state index contributed by atoms with van der Waals surface area (Å²) in [6, 6.07) is 7.53. The fraction of sp³-hybridized carbons (Fsp3) is 0.0769.